The van der Waals surface area contributed by atoms with E-state index in [4.69, 9.17) is 11.0 Å². The van der Waals surface area contributed by atoms with Crippen molar-refractivity contribution in [1.29, 1.82) is 5.26 Å². The summed E-state index contributed by atoms with van der Waals surface area (Å²) in [6.07, 6.45) is 4.88. The minimum absolute atomic E-state index is 0.299. The predicted molar refractivity (Wildman–Crippen MR) is 68.5 cm³/mol. The zero-order valence-electron chi connectivity index (χ0n) is 10.8. The van der Waals surface area contributed by atoms with Crippen molar-refractivity contribution in [2.75, 3.05) is 26.2 Å². The van der Waals surface area contributed by atoms with Crippen LogP contribution in [-0.2, 0) is 0 Å². The molecule has 17 heavy (non-hydrogen) atoms. The fraction of sp³-hybridized carbons (Fsp3) is 0.923. The first kappa shape index (κ1) is 12.8. The van der Waals surface area contributed by atoms with E-state index < -0.39 is 0 Å². The lowest BCUT2D eigenvalue weighted by atomic mass is 9.97. The van der Waals surface area contributed by atoms with Crippen LogP contribution in [0.1, 0.15) is 32.6 Å². The Bertz CT molecular complexity index is 286. The Morgan fingerprint density at radius 3 is 3.00 bits per heavy atom. The first-order valence-electron chi connectivity index (χ1n) is 6.84. The van der Waals surface area contributed by atoms with Crippen molar-refractivity contribution in [2.24, 2.45) is 5.73 Å². The molecule has 0 amide bonds. The summed E-state index contributed by atoms with van der Waals surface area (Å²) in [4.78, 5) is 5.17. The Morgan fingerprint density at radius 1 is 1.41 bits per heavy atom. The lowest BCUT2D eigenvalue weighted by Crippen LogP contribution is -2.58. The summed E-state index contributed by atoms with van der Waals surface area (Å²) in [7, 11) is 0. The molecule has 2 aliphatic rings. The number of piperazine rings is 1. The van der Waals surface area contributed by atoms with Gasteiger partial charge in [0, 0.05) is 31.7 Å². The van der Waals surface area contributed by atoms with Crippen LogP contribution in [0.25, 0.3) is 0 Å². The number of fused-ring (bicyclic) bond motifs is 1. The Balaban J connectivity index is 1.84. The van der Waals surface area contributed by atoms with Gasteiger partial charge in [-0.2, -0.15) is 5.26 Å². The molecule has 2 rings (SSSR count). The van der Waals surface area contributed by atoms with E-state index in [1.54, 1.807) is 0 Å². The molecule has 96 valence electrons. The second-order valence-corrected chi connectivity index (χ2v) is 5.51. The number of nitrogens with two attached hydrogens (primary N) is 1. The van der Waals surface area contributed by atoms with E-state index in [0.717, 1.165) is 19.0 Å². The van der Waals surface area contributed by atoms with Gasteiger partial charge in [-0.25, -0.2) is 0 Å². The number of nitriles is 1. The van der Waals surface area contributed by atoms with Crippen molar-refractivity contribution in [3.05, 3.63) is 0 Å². The van der Waals surface area contributed by atoms with Gasteiger partial charge in [-0.05, 0) is 32.7 Å². The minimum atomic E-state index is -0.299. The molecule has 0 aromatic rings. The Labute approximate surface area is 104 Å². The molecule has 0 radical (unpaired) electrons. The SMILES string of the molecule is CC1CN2CCCCC2CN1CCC(N)C#N. The second kappa shape index (κ2) is 5.81. The van der Waals surface area contributed by atoms with Crippen LogP contribution < -0.4 is 5.73 Å². The van der Waals surface area contributed by atoms with Gasteiger partial charge in [-0.1, -0.05) is 6.42 Å². The molecular formula is C13H24N4. The van der Waals surface area contributed by atoms with E-state index in [1.165, 1.54) is 38.9 Å². The molecule has 2 aliphatic heterocycles. The first-order chi connectivity index (χ1) is 8.20. The van der Waals surface area contributed by atoms with Gasteiger partial charge in [0.2, 0.25) is 0 Å². The van der Waals surface area contributed by atoms with E-state index in [1.807, 2.05) is 0 Å². The number of hydrogen-bond acceptors (Lipinski definition) is 4. The van der Waals surface area contributed by atoms with E-state index in [2.05, 4.69) is 22.8 Å². The fourth-order valence-corrected chi connectivity index (χ4v) is 3.09. The monoisotopic (exact) mass is 236 g/mol. The maximum atomic E-state index is 8.72. The predicted octanol–water partition coefficient (Wildman–Crippen LogP) is 0.786. The summed E-state index contributed by atoms with van der Waals surface area (Å²) in [6, 6.07) is 3.17. The average molecular weight is 236 g/mol. The fourth-order valence-electron chi connectivity index (χ4n) is 3.09. The third kappa shape index (κ3) is 3.19. The third-order valence-corrected chi connectivity index (χ3v) is 4.21. The van der Waals surface area contributed by atoms with E-state index in [-0.39, 0.29) is 6.04 Å². The lowest BCUT2D eigenvalue weighted by molar-refractivity contribution is 0.0146. The quantitative estimate of drug-likeness (QED) is 0.787. The lowest BCUT2D eigenvalue weighted by Gasteiger charge is -2.47. The van der Waals surface area contributed by atoms with E-state index >= 15 is 0 Å². The van der Waals surface area contributed by atoms with Gasteiger partial charge in [0.1, 0.15) is 0 Å². The van der Waals surface area contributed by atoms with Crippen molar-refractivity contribution in [2.45, 2.75) is 50.7 Å². The molecule has 4 heteroatoms. The molecule has 0 aromatic heterocycles. The Kier molecular flexibility index (Phi) is 4.38. The standard InChI is InChI=1S/C13H24N4/c1-11-9-17-6-3-2-4-13(17)10-16(11)7-5-12(15)8-14/h11-13H,2-7,9-10,15H2,1H3. The summed E-state index contributed by atoms with van der Waals surface area (Å²) >= 11 is 0. The molecule has 0 saturated carbocycles. The van der Waals surface area contributed by atoms with Gasteiger partial charge in [0.15, 0.2) is 0 Å². The van der Waals surface area contributed by atoms with Crippen molar-refractivity contribution < 1.29 is 0 Å². The number of hydrogen-bond donors (Lipinski definition) is 1. The van der Waals surface area contributed by atoms with Gasteiger partial charge >= 0.3 is 0 Å². The minimum Gasteiger partial charge on any atom is -0.316 e. The molecular weight excluding hydrogens is 212 g/mol. The molecule has 0 aliphatic carbocycles. The van der Waals surface area contributed by atoms with Crippen LogP contribution in [0, 0.1) is 11.3 Å². The van der Waals surface area contributed by atoms with Crippen LogP contribution in [0.5, 0.6) is 0 Å². The largest absolute Gasteiger partial charge is 0.316 e. The summed E-state index contributed by atoms with van der Waals surface area (Å²) in [5, 5.41) is 8.72. The highest BCUT2D eigenvalue weighted by molar-refractivity contribution is 4.91. The highest BCUT2D eigenvalue weighted by Gasteiger charge is 2.32. The number of piperidine rings is 1. The van der Waals surface area contributed by atoms with Crippen LogP contribution in [0.15, 0.2) is 0 Å². The molecule has 3 atom stereocenters. The Hall–Kier alpha value is -0.630. The zero-order chi connectivity index (χ0) is 12.3. The molecule has 0 spiro atoms. The third-order valence-electron chi connectivity index (χ3n) is 4.21. The second-order valence-electron chi connectivity index (χ2n) is 5.51. The van der Waals surface area contributed by atoms with Gasteiger partial charge in [0.25, 0.3) is 0 Å². The summed E-state index contributed by atoms with van der Waals surface area (Å²) < 4.78 is 0. The van der Waals surface area contributed by atoms with Crippen molar-refractivity contribution >= 4 is 0 Å². The van der Waals surface area contributed by atoms with E-state index in [0.29, 0.717) is 6.04 Å². The molecule has 2 fully saturated rings. The van der Waals surface area contributed by atoms with Crippen LogP contribution in [0.3, 0.4) is 0 Å². The summed E-state index contributed by atoms with van der Waals surface area (Å²) in [6.45, 7) is 6.90. The van der Waals surface area contributed by atoms with E-state index in [9.17, 15) is 0 Å². The molecule has 2 heterocycles. The summed E-state index contributed by atoms with van der Waals surface area (Å²) in [5.41, 5.74) is 5.67. The van der Waals surface area contributed by atoms with Crippen molar-refractivity contribution in [1.82, 2.24) is 9.80 Å². The molecule has 4 nitrogen and oxygen atoms in total. The number of nitrogens with zero attached hydrogens (tertiary/aromatic N) is 3. The van der Waals surface area contributed by atoms with Crippen LogP contribution in [0.4, 0.5) is 0 Å². The first-order valence-corrected chi connectivity index (χ1v) is 6.84. The van der Waals surface area contributed by atoms with Crippen LogP contribution in [0.2, 0.25) is 0 Å². The van der Waals surface area contributed by atoms with Gasteiger partial charge in [-0.3, -0.25) is 9.80 Å². The topological polar surface area (TPSA) is 56.3 Å². The van der Waals surface area contributed by atoms with Gasteiger partial charge in [0.05, 0.1) is 12.1 Å². The number of rotatable bonds is 3. The summed E-state index contributed by atoms with van der Waals surface area (Å²) in [5.74, 6) is 0. The van der Waals surface area contributed by atoms with Crippen molar-refractivity contribution in [3.8, 4) is 6.07 Å². The molecule has 0 aromatic carbocycles. The van der Waals surface area contributed by atoms with Crippen molar-refractivity contribution in [3.63, 3.8) is 0 Å². The van der Waals surface area contributed by atoms with Crippen LogP contribution in [-0.4, -0.2) is 54.1 Å². The average Bonchev–Trinajstić information content (AvgIpc) is 2.35. The maximum Gasteiger partial charge on any atom is 0.0940 e. The van der Waals surface area contributed by atoms with Crippen LogP contribution >= 0.6 is 0 Å². The smallest absolute Gasteiger partial charge is 0.0940 e. The normalized spacial score (nSPS) is 32.8. The zero-order valence-corrected chi connectivity index (χ0v) is 10.8. The maximum absolute atomic E-state index is 8.72. The molecule has 3 unspecified atom stereocenters. The molecule has 2 N–H and O–H groups in total. The van der Waals surface area contributed by atoms with Gasteiger partial charge in [-0.15, -0.1) is 0 Å². The Morgan fingerprint density at radius 2 is 2.24 bits per heavy atom. The molecule has 0 bridgehead atoms. The van der Waals surface area contributed by atoms with Gasteiger partial charge < -0.3 is 5.73 Å². The highest BCUT2D eigenvalue weighted by atomic mass is 15.3. The molecule has 2 saturated heterocycles. The highest BCUT2D eigenvalue weighted by Crippen LogP contribution is 2.23.